The van der Waals surface area contributed by atoms with Crippen molar-refractivity contribution in [2.45, 2.75) is 6.92 Å². The van der Waals surface area contributed by atoms with Crippen molar-refractivity contribution in [1.29, 1.82) is 0 Å². The number of carbonyl (C=O) groups excluding carboxylic acids is 1. The lowest BCUT2D eigenvalue weighted by Gasteiger charge is -2.12. The second kappa shape index (κ2) is 6.28. The Bertz CT molecular complexity index is 663. The third kappa shape index (κ3) is 3.42. The van der Waals surface area contributed by atoms with Gasteiger partial charge in [-0.15, -0.1) is 0 Å². The van der Waals surface area contributed by atoms with Crippen LogP contribution >= 0.6 is 47.8 Å². The minimum absolute atomic E-state index is 0.256. The standard InChI is InChI=1S/C14H11Br3N2O/c1-7-4-10(16)13(11(17)5-7)19-14(20)9-6-8(15)2-3-12(9)18/h2-6H,18H2,1H3,(H,19,20). The topological polar surface area (TPSA) is 55.1 Å². The molecule has 0 saturated heterocycles. The molecule has 0 aliphatic heterocycles. The molecule has 2 aromatic rings. The molecular weight excluding hydrogens is 452 g/mol. The lowest BCUT2D eigenvalue weighted by atomic mass is 10.1. The number of halogens is 3. The Morgan fingerprint density at radius 1 is 1.10 bits per heavy atom. The van der Waals surface area contributed by atoms with Gasteiger partial charge >= 0.3 is 0 Å². The minimum atomic E-state index is -0.256. The first-order chi connectivity index (χ1) is 9.38. The smallest absolute Gasteiger partial charge is 0.257 e. The highest BCUT2D eigenvalue weighted by molar-refractivity contribution is 9.11. The van der Waals surface area contributed by atoms with Crippen LogP contribution in [0.15, 0.2) is 43.7 Å². The summed E-state index contributed by atoms with van der Waals surface area (Å²) in [4.78, 5) is 12.3. The predicted octanol–water partition coefficient (Wildman–Crippen LogP) is 5.12. The molecule has 3 nitrogen and oxygen atoms in total. The van der Waals surface area contributed by atoms with Crippen molar-refractivity contribution in [1.82, 2.24) is 0 Å². The van der Waals surface area contributed by atoms with Crippen LogP contribution in [0.4, 0.5) is 11.4 Å². The van der Waals surface area contributed by atoms with Crippen LogP contribution in [-0.2, 0) is 0 Å². The number of carbonyl (C=O) groups is 1. The zero-order valence-electron chi connectivity index (χ0n) is 10.5. The molecule has 0 atom stereocenters. The molecule has 3 N–H and O–H groups in total. The monoisotopic (exact) mass is 460 g/mol. The van der Waals surface area contributed by atoms with Crippen molar-refractivity contribution in [3.05, 3.63) is 54.9 Å². The fourth-order valence-electron chi connectivity index (χ4n) is 1.73. The highest BCUT2D eigenvalue weighted by Gasteiger charge is 2.14. The summed E-state index contributed by atoms with van der Waals surface area (Å²) in [5.41, 5.74) is 8.47. The maximum Gasteiger partial charge on any atom is 0.257 e. The number of anilines is 2. The molecule has 1 amide bonds. The normalized spacial score (nSPS) is 10.4. The number of nitrogens with two attached hydrogens (primary N) is 1. The van der Waals surface area contributed by atoms with Gasteiger partial charge in [-0.2, -0.15) is 0 Å². The summed E-state index contributed by atoms with van der Waals surface area (Å²) in [7, 11) is 0. The molecular formula is C14H11Br3N2O. The molecule has 0 saturated carbocycles. The van der Waals surface area contributed by atoms with Crippen LogP contribution in [0.25, 0.3) is 0 Å². The Morgan fingerprint density at radius 3 is 2.30 bits per heavy atom. The van der Waals surface area contributed by atoms with E-state index in [1.807, 2.05) is 19.1 Å². The first-order valence-electron chi connectivity index (χ1n) is 5.70. The number of nitrogen functional groups attached to an aromatic ring is 1. The molecule has 0 spiro atoms. The lowest BCUT2D eigenvalue weighted by Crippen LogP contribution is -2.15. The van der Waals surface area contributed by atoms with Gasteiger partial charge in [0, 0.05) is 19.1 Å². The molecule has 6 heteroatoms. The van der Waals surface area contributed by atoms with Gasteiger partial charge in [0.15, 0.2) is 0 Å². The van der Waals surface area contributed by atoms with E-state index < -0.39 is 0 Å². The Labute approximate surface area is 142 Å². The van der Waals surface area contributed by atoms with Crippen LogP contribution in [0.5, 0.6) is 0 Å². The van der Waals surface area contributed by atoms with Gasteiger partial charge in [0.25, 0.3) is 5.91 Å². The quantitative estimate of drug-likeness (QED) is 0.609. The second-order valence-corrected chi connectivity index (χ2v) is 6.91. The third-order valence-electron chi connectivity index (χ3n) is 2.68. The summed E-state index contributed by atoms with van der Waals surface area (Å²) in [6, 6.07) is 9.05. The maximum atomic E-state index is 12.3. The zero-order valence-corrected chi connectivity index (χ0v) is 15.3. The van der Waals surface area contributed by atoms with E-state index in [0.29, 0.717) is 16.9 Å². The molecule has 20 heavy (non-hydrogen) atoms. The number of hydrogen-bond acceptors (Lipinski definition) is 2. The number of aryl methyl sites for hydroxylation is 1. The molecule has 0 aliphatic carbocycles. The van der Waals surface area contributed by atoms with E-state index >= 15 is 0 Å². The van der Waals surface area contributed by atoms with Crippen LogP contribution < -0.4 is 11.1 Å². The summed E-state index contributed by atoms with van der Waals surface area (Å²) < 4.78 is 2.43. The molecule has 0 bridgehead atoms. The van der Waals surface area contributed by atoms with Gasteiger partial charge in [-0.05, 0) is 74.7 Å². The van der Waals surface area contributed by atoms with Gasteiger partial charge in [-0.1, -0.05) is 15.9 Å². The number of amides is 1. The first kappa shape index (κ1) is 15.5. The predicted molar refractivity (Wildman–Crippen MR) is 93.1 cm³/mol. The van der Waals surface area contributed by atoms with Gasteiger partial charge in [0.1, 0.15) is 0 Å². The van der Waals surface area contributed by atoms with Gasteiger partial charge in [-0.3, -0.25) is 4.79 Å². The van der Waals surface area contributed by atoms with Crippen molar-refractivity contribution in [3.8, 4) is 0 Å². The highest BCUT2D eigenvalue weighted by atomic mass is 79.9. The van der Waals surface area contributed by atoms with Crippen molar-refractivity contribution in [2.75, 3.05) is 11.1 Å². The largest absolute Gasteiger partial charge is 0.398 e. The van der Waals surface area contributed by atoms with Crippen LogP contribution in [0, 0.1) is 6.92 Å². The molecule has 0 radical (unpaired) electrons. The van der Waals surface area contributed by atoms with Crippen molar-refractivity contribution in [2.24, 2.45) is 0 Å². The van der Waals surface area contributed by atoms with Crippen LogP contribution in [-0.4, -0.2) is 5.91 Å². The van der Waals surface area contributed by atoms with E-state index in [-0.39, 0.29) is 5.91 Å². The molecule has 0 heterocycles. The Morgan fingerprint density at radius 2 is 1.70 bits per heavy atom. The molecule has 0 aromatic heterocycles. The van der Waals surface area contributed by atoms with E-state index in [2.05, 4.69) is 53.1 Å². The highest BCUT2D eigenvalue weighted by Crippen LogP contribution is 2.33. The van der Waals surface area contributed by atoms with Gasteiger partial charge < -0.3 is 11.1 Å². The average molecular weight is 463 g/mol. The molecule has 104 valence electrons. The summed E-state index contributed by atoms with van der Waals surface area (Å²) in [6.45, 7) is 1.98. The number of nitrogens with one attached hydrogen (secondary N) is 1. The zero-order chi connectivity index (χ0) is 14.9. The van der Waals surface area contributed by atoms with E-state index in [1.54, 1.807) is 18.2 Å². The molecule has 0 fully saturated rings. The Hall–Kier alpha value is -0.850. The number of rotatable bonds is 2. The molecule has 0 unspecified atom stereocenters. The average Bonchev–Trinajstić information content (AvgIpc) is 2.36. The molecule has 0 aliphatic rings. The van der Waals surface area contributed by atoms with E-state index in [0.717, 1.165) is 19.0 Å². The summed E-state index contributed by atoms with van der Waals surface area (Å²) in [5, 5.41) is 2.86. The summed E-state index contributed by atoms with van der Waals surface area (Å²) >= 11 is 10.2. The minimum Gasteiger partial charge on any atom is -0.398 e. The lowest BCUT2D eigenvalue weighted by molar-refractivity contribution is 0.102. The van der Waals surface area contributed by atoms with Crippen LogP contribution in [0.3, 0.4) is 0 Å². The third-order valence-corrected chi connectivity index (χ3v) is 4.43. The van der Waals surface area contributed by atoms with Gasteiger partial charge in [0.05, 0.1) is 11.3 Å². The number of hydrogen-bond donors (Lipinski definition) is 2. The van der Waals surface area contributed by atoms with E-state index in [1.165, 1.54) is 0 Å². The maximum absolute atomic E-state index is 12.3. The summed E-state index contributed by atoms with van der Waals surface area (Å²) in [6.07, 6.45) is 0. The fraction of sp³-hybridized carbons (Fsp3) is 0.0714. The van der Waals surface area contributed by atoms with Crippen molar-refractivity contribution in [3.63, 3.8) is 0 Å². The van der Waals surface area contributed by atoms with Crippen molar-refractivity contribution >= 4 is 65.1 Å². The first-order valence-corrected chi connectivity index (χ1v) is 8.08. The van der Waals surface area contributed by atoms with E-state index in [9.17, 15) is 4.79 Å². The Balaban J connectivity index is 2.35. The molecule has 2 aromatic carbocycles. The van der Waals surface area contributed by atoms with E-state index in [4.69, 9.17) is 5.73 Å². The Kier molecular flexibility index (Phi) is 4.88. The van der Waals surface area contributed by atoms with Crippen LogP contribution in [0.1, 0.15) is 15.9 Å². The summed E-state index contributed by atoms with van der Waals surface area (Å²) in [5.74, 6) is -0.256. The second-order valence-electron chi connectivity index (χ2n) is 4.29. The van der Waals surface area contributed by atoms with Gasteiger partial charge in [0.2, 0.25) is 0 Å². The SMILES string of the molecule is Cc1cc(Br)c(NC(=O)c2cc(Br)ccc2N)c(Br)c1. The van der Waals surface area contributed by atoms with Crippen molar-refractivity contribution < 1.29 is 4.79 Å². The molecule has 2 rings (SSSR count). The van der Waals surface area contributed by atoms with Gasteiger partial charge in [-0.25, -0.2) is 0 Å². The fourth-order valence-corrected chi connectivity index (χ4v) is 3.70. The number of benzene rings is 2. The van der Waals surface area contributed by atoms with Crippen LogP contribution in [0.2, 0.25) is 0 Å².